The second-order valence-electron chi connectivity index (χ2n) is 11.0. The maximum absolute atomic E-state index is 14.9. The molecule has 3 nitrogen and oxygen atoms in total. The van der Waals surface area contributed by atoms with Crippen LogP contribution in [-0.4, -0.2) is 48.6 Å². The van der Waals surface area contributed by atoms with Gasteiger partial charge in [0.1, 0.15) is 0 Å². The molecule has 1 heterocycles. The van der Waals surface area contributed by atoms with Gasteiger partial charge in [0.2, 0.25) is 0 Å². The van der Waals surface area contributed by atoms with Crippen LogP contribution < -0.4 is 0 Å². The van der Waals surface area contributed by atoms with Crippen molar-refractivity contribution in [2.24, 2.45) is 29.1 Å². The first-order valence-corrected chi connectivity index (χ1v) is 13.3. The topological polar surface area (TPSA) is 35.5 Å². The van der Waals surface area contributed by atoms with Crippen LogP contribution in [0.4, 0.5) is 17.6 Å². The lowest BCUT2D eigenvalue weighted by atomic mass is 9.49. The third kappa shape index (κ3) is 5.94. The standard InChI is InChI=1S/C24H36F4O3S/c1-22(25,26)15-24(27,28)20(14-30-5-2-16-3-6-32-7-4-16)31-21(29)23-11-17-8-18(12-23)10-19(9-17)13-23/h16-20H,2-15H2,1H3. The molecule has 0 amide bonds. The lowest BCUT2D eigenvalue weighted by Crippen LogP contribution is -2.53. The van der Waals surface area contributed by atoms with E-state index in [1.807, 2.05) is 11.8 Å². The Balaban J connectivity index is 1.38. The fourth-order valence-corrected chi connectivity index (χ4v) is 8.06. The Morgan fingerprint density at radius 3 is 2.12 bits per heavy atom. The summed E-state index contributed by atoms with van der Waals surface area (Å²) >= 11 is 1.91. The zero-order valence-corrected chi connectivity index (χ0v) is 19.7. The van der Waals surface area contributed by atoms with E-state index in [4.69, 9.17) is 9.47 Å². The Labute approximate surface area is 192 Å². The number of alkyl halides is 4. The third-order valence-electron chi connectivity index (χ3n) is 8.02. The van der Waals surface area contributed by atoms with Gasteiger partial charge >= 0.3 is 5.97 Å². The van der Waals surface area contributed by atoms with Gasteiger partial charge in [-0.15, -0.1) is 0 Å². The highest BCUT2D eigenvalue weighted by molar-refractivity contribution is 7.99. The van der Waals surface area contributed by atoms with Crippen LogP contribution in [0.15, 0.2) is 0 Å². The molecule has 184 valence electrons. The van der Waals surface area contributed by atoms with Gasteiger partial charge in [-0.2, -0.15) is 11.8 Å². The predicted octanol–water partition coefficient (Wildman–Crippen LogP) is 6.35. The fourth-order valence-electron chi connectivity index (χ4n) is 6.86. The SMILES string of the molecule is CC(F)(F)CC(F)(F)C(COCCC1CCSCC1)OC(=O)C12CC3CC(CC(C3)C1)C2. The van der Waals surface area contributed by atoms with Gasteiger partial charge in [0.25, 0.3) is 11.8 Å². The van der Waals surface area contributed by atoms with Gasteiger partial charge in [-0.05, 0) is 99.9 Å². The van der Waals surface area contributed by atoms with E-state index in [-0.39, 0.29) is 6.61 Å². The van der Waals surface area contributed by atoms with E-state index < -0.39 is 42.4 Å². The van der Waals surface area contributed by atoms with Crippen molar-refractivity contribution in [3.63, 3.8) is 0 Å². The van der Waals surface area contributed by atoms with Gasteiger partial charge in [0.05, 0.1) is 18.4 Å². The first-order chi connectivity index (χ1) is 15.0. The zero-order valence-electron chi connectivity index (χ0n) is 18.9. The van der Waals surface area contributed by atoms with Crippen LogP contribution in [0.1, 0.15) is 71.1 Å². The zero-order chi connectivity index (χ0) is 23.0. The number of ether oxygens (including phenoxy) is 2. The van der Waals surface area contributed by atoms with E-state index in [1.165, 1.54) is 0 Å². The quantitative estimate of drug-likeness (QED) is 0.208. The Bertz CT molecular complexity index is 625. The van der Waals surface area contributed by atoms with Gasteiger partial charge in [0, 0.05) is 6.61 Å². The summed E-state index contributed by atoms with van der Waals surface area (Å²) in [5.41, 5.74) is -0.711. The fraction of sp³-hybridized carbons (Fsp3) is 0.958. The van der Waals surface area contributed by atoms with Crippen molar-refractivity contribution in [2.75, 3.05) is 24.7 Å². The molecule has 1 unspecified atom stereocenters. The van der Waals surface area contributed by atoms with E-state index >= 15 is 0 Å². The Morgan fingerprint density at radius 1 is 1.03 bits per heavy atom. The number of hydrogen-bond donors (Lipinski definition) is 0. The molecule has 5 aliphatic rings. The highest BCUT2D eigenvalue weighted by atomic mass is 32.2. The van der Waals surface area contributed by atoms with Crippen LogP contribution in [0, 0.1) is 29.1 Å². The first-order valence-electron chi connectivity index (χ1n) is 12.2. The number of carbonyl (C=O) groups is 1. The second-order valence-corrected chi connectivity index (χ2v) is 12.2. The van der Waals surface area contributed by atoms with Gasteiger partial charge in [-0.1, -0.05) is 0 Å². The molecule has 4 bridgehead atoms. The number of hydrogen-bond acceptors (Lipinski definition) is 4. The molecule has 0 N–H and O–H groups in total. The highest BCUT2D eigenvalue weighted by Crippen LogP contribution is 2.60. The van der Waals surface area contributed by atoms with Crippen molar-refractivity contribution in [3.05, 3.63) is 0 Å². The molecule has 1 saturated heterocycles. The van der Waals surface area contributed by atoms with Crippen LogP contribution in [-0.2, 0) is 14.3 Å². The van der Waals surface area contributed by atoms with E-state index in [1.54, 1.807) is 0 Å². The number of halogens is 4. The summed E-state index contributed by atoms with van der Waals surface area (Å²) < 4.78 is 67.6. The summed E-state index contributed by atoms with van der Waals surface area (Å²) in [6.45, 7) is 0.211. The maximum Gasteiger partial charge on any atom is 0.312 e. The minimum Gasteiger partial charge on any atom is -0.453 e. The van der Waals surface area contributed by atoms with E-state index in [2.05, 4.69) is 0 Å². The van der Waals surface area contributed by atoms with Gasteiger partial charge in [-0.3, -0.25) is 4.79 Å². The van der Waals surface area contributed by atoms with Crippen molar-refractivity contribution < 1.29 is 31.8 Å². The normalized spacial score (nSPS) is 34.0. The van der Waals surface area contributed by atoms with E-state index in [9.17, 15) is 22.4 Å². The van der Waals surface area contributed by atoms with Crippen molar-refractivity contribution in [1.82, 2.24) is 0 Å². The molecule has 0 aromatic rings. The summed E-state index contributed by atoms with van der Waals surface area (Å²) in [7, 11) is 0. The van der Waals surface area contributed by atoms with Crippen molar-refractivity contribution in [1.29, 1.82) is 0 Å². The lowest BCUT2D eigenvalue weighted by molar-refractivity contribution is -0.215. The average Bonchev–Trinajstić information content (AvgIpc) is 2.68. The number of esters is 1. The number of carbonyl (C=O) groups excluding carboxylic acids is 1. The number of thioether (sulfide) groups is 1. The molecule has 8 heteroatoms. The largest absolute Gasteiger partial charge is 0.453 e. The van der Waals surface area contributed by atoms with Crippen LogP contribution in [0.3, 0.4) is 0 Å². The van der Waals surface area contributed by atoms with Crippen LogP contribution in [0.5, 0.6) is 0 Å². The van der Waals surface area contributed by atoms with Gasteiger partial charge < -0.3 is 9.47 Å². The molecule has 0 aromatic carbocycles. The minimum atomic E-state index is -3.85. The highest BCUT2D eigenvalue weighted by Gasteiger charge is 2.57. The lowest BCUT2D eigenvalue weighted by Gasteiger charge is -2.55. The average molecular weight is 481 g/mol. The third-order valence-corrected chi connectivity index (χ3v) is 9.07. The Hall–Kier alpha value is -0.500. The summed E-state index contributed by atoms with van der Waals surface area (Å²) in [5, 5.41) is 0. The minimum absolute atomic E-state index is 0.277. The van der Waals surface area contributed by atoms with Crippen molar-refractivity contribution in [3.8, 4) is 0 Å². The summed E-state index contributed by atoms with van der Waals surface area (Å²) in [4.78, 5) is 13.2. The molecular weight excluding hydrogens is 444 g/mol. The first kappa shape index (κ1) is 24.6. The van der Waals surface area contributed by atoms with E-state index in [0.29, 0.717) is 49.9 Å². The summed E-state index contributed by atoms with van der Waals surface area (Å²) in [5.74, 6) is -3.96. The molecule has 0 radical (unpaired) electrons. The number of rotatable bonds is 10. The summed E-state index contributed by atoms with van der Waals surface area (Å²) in [6.07, 6.45) is 4.66. The molecular formula is C24H36F4O3S. The molecule has 0 aromatic heterocycles. The molecule has 5 rings (SSSR count). The molecule has 0 spiro atoms. The Morgan fingerprint density at radius 2 is 1.59 bits per heavy atom. The van der Waals surface area contributed by atoms with Crippen LogP contribution in [0.25, 0.3) is 0 Å². The summed E-state index contributed by atoms with van der Waals surface area (Å²) in [6, 6.07) is 0. The monoisotopic (exact) mass is 480 g/mol. The predicted molar refractivity (Wildman–Crippen MR) is 116 cm³/mol. The van der Waals surface area contributed by atoms with Gasteiger partial charge in [0.15, 0.2) is 6.10 Å². The molecule has 32 heavy (non-hydrogen) atoms. The molecule has 1 atom stereocenters. The Kier molecular flexibility index (Phi) is 7.41. The van der Waals surface area contributed by atoms with E-state index in [0.717, 1.165) is 50.0 Å². The molecule has 1 aliphatic heterocycles. The van der Waals surface area contributed by atoms with Crippen LogP contribution in [0.2, 0.25) is 0 Å². The second kappa shape index (κ2) is 9.63. The molecule has 5 fully saturated rings. The smallest absolute Gasteiger partial charge is 0.312 e. The van der Waals surface area contributed by atoms with Crippen LogP contribution >= 0.6 is 11.8 Å². The molecule has 4 aliphatic carbocycles. The van der Waals surface area contributed by atoms with Gasteiger partial charge in [-0.25, -0.2) is 17.6 Å². The van der Waals surface area contributed by atoms with Crippen molar-refractivity contribution >= 4 is 17.7 Å². The molecule has 4 saturated carbocycles. The van der Waals surface area contributed by atoms with Crippen molar-refractivity contribution in [2.45, 2.75) is 89.1 Å². The maximum atomic E-state index is 14.9.